The molecule has 1 fully saturated rings. The van der Waals surface area contributed by atoms with Crippen molar-refractivity contribution in [3.63, 3.8) is 0 Å². The van der Waals surface area contributed by atoms with Gasteiger partial charge in [0.1, 0.15) is 0 Å². The average molecular weight is 286 g/mol. The quantitative estimate of drug-likeness (QED) is 0.804. The smallest absolute Gasteiger partial charge is 0.0165 e. The van der Waals surface area contributed by atoms with Gasteiger partial charge in [0.25, 0.3) is 0 Å². The Labute approximate surface area is 130 Å². The van der Waals surface area contributed by atoms with Gasteiger partial charge in [-0.1, -0.05) is 35.9 Å². The fourth-order valence-electron chi connectivity index (χ4n) is 2.93. The van der Waals surface area contributed by atoms with E-state index >= 15 is 0 Å². The van der Waals surface area contributed by atoms with Gasteiger partial charge < -0.3 is 5.32 Å². The molecule has 0 aliphatic carbocycles. The Bertz CT molecular complexity index is 452. The van der Waals surface area contributed by atoms with Crippen LogP contribution in [0.3, 0.4) is 0 Å². The molecule has 0 radical (unpaired) electrons. The van der Waals surface area contributed by atoms with Crippen LogP contribution in [0.5, 0.6) is 0 Å². The van der Waals surface area contributed by atoms with Crippen LogP contribution in [-0.4, -0.2) is 37.1 Å². The number of hydrogen-bond donors (Lipinski definition) is 1. The summed E-state index contributed by atoms with van der Waals surface area (Å²) in [4.78, 5) is 2.56. The molecule has 0 spiro atoms. The Morgan fingerprint density at radius 1 is 1.24 bits per heavy atom. The van der Waals surface area contributed by atoms with E-state index in [0.29, 0.717) is 6.04 Å². The van der Waals surface area contributed by atoms with Crippen LogP contribution in [0.25, 0.3) is 0 Å². The van der Waals surface area contributed by atoms with Crippen LogP contribution in [0.1, 0.15) is 37.8 Å². The van der Waals surface area contributed by atoms with E-state index in [1.807, 2.05) is 0 Å². The first kappa shape index (κ1) is 16.3. The molecule has 2 rings (SSSR count). The Morgan fingerprint density at radius 2 is 1.95 bits per heavy atom. The number of nitrogens with one attached hydrogen (secondary N) is 1. The molecule has 116 valence electrons. The Kier molecular flexibility index (Phi) is 6.47. The van der Waals surface area contributed by atoms with Gasteiger partial charge >= 0.3 is 0 Å². The Morgan fingerprint density at radius 3 is 2.62 bits per heavy atom. The van der Waals surface area contributed by atoms with E-state index in [1.54, 1.807) is 0 Å². The van der Waals surface area contributed by atoms with Crippen LogP contribution in [0.4, 0.5) is 0 Å². The topological polar surface area (TPSA) is 15.3 Å². The highest BCUT2D eigenvalue weighted by Gasteiger charge is 2.17. The predicted octanol–water partition coefficient (Wildman–Crippen LogP) is 3.56. The number of allylic oxidation sites excluding steroid dienone is 1. The number of benzene rings is 1. The zero-order chi connectivity index (χ0) is 15.1. The summed E-state index contributed by atoms with van der Waals surface area (Å²) in [5.74, 6) is 0. The lowest BCUT2D eigenvalue weighted by Crippen LogP contribution is -2.43. The third-order valence-electron chi connectivity index (χ3n) is 4.43. The van der Waals surface area contributed by atoms with E-state index in [0.717, 1.165) is 19.5 Å². The summed E-state index contributed by atoms with van der Waals surface area (Å²) < 4.78 is 0. The average Bonchev–Trinajstić information content (AvgIpc) is 2.48. The molecular weight excluding hydrogens is 256 g/mol. The van der Waals surface area contributed by atoms with Crippen molar-refractivity contribution < 1.29 is 0 Å². The molecule has 1 heterocycles. The molecule has 1 aromatic carbocycles. The molecule has 1 aliphatic heterocycles. The van der Waals surface area contributed by atoms with Gasteiger partial charge in [0.05, 0.1) is 0 Å². The van der Waals surface area contributed by atoms with E-state index in [2.05, 4.69) is 61.3 Å². The summed E-state index contributed by atoms with van der Waals surface area (Å²) in [6.45, 7) is 11.2. The number of likely N-dealkylation sites (tertiary alicyclic amines) is 1. The normalized spacial score (nSPS) is 16.9. The first-order valence-corrected chi connectivity index (χ1v) is 8.29. The largest absolute Gasteiger partial charge is 0.314 e. The summed E-state index contributed by atoms with van der Waals surface area (Å²) >= 11 is 0. The van der Waals surface area contributed by atoms with Crippen LogP contribution in [-0.2, 0) is 6.42 Å². The van der Waals surface area contributed by atoms with Crippen molar-refractivity contribution in [1.82, 2.24) is 10.2 Å². The van der Waals surface area contributed by atoms with Crippen LogP contribution in [0, 0.1) is 6.92 Å². The van der Waals surface area contributed by atoms with Crippen molar-refractivity contribution in [2.24, 2.45) is 0 Å². The van der Waals surface area contributed by atoms with Crippen LogP contribution < -0.4 is 5.32 Å². The first-order chi connectivity index (χ1) is 10.1. The van der Waals surface area contributed by atoms with Gasteiger partial charge in [-0.15, -0.1) is 0 Å². The molecule has 0 aromatic heterocycles. The minimum atomic E-state index is 0.706. The molecule has 1 N–H and O–H groups in total. The summed E-state index contributed by atoms with van der Waals surface area (Å²) in [7, 11) is 0. The molecule has 1 saturated heterocycles. The van der Waals surface area contributed by atoms with Gasteiger partial charge in [0.2, 0.25) is 0 Å². The molecule has 1 aromatic rings. The van der Waals surface area contributed by atoms with Crippen molar-refractivity contribution in [3.8, 4) is 0 Å². The zero-order valence-corrected chi connectivity index (χ0v) is 13.9. The van der Waals surface area contributed by atoms with Crippen molar-refractivity contribution in [2.45, 2.75) is 46.1 Å². The Balaban J connectivity index is 1.65. The molecule has 0 unspecified atom stereocenters. The number of nitrogens with zero attached hydrogens (tertiary/aromatic N) is 1. The molecule has 0 bridgehead atoms. The lowest BCUT2D eigenvalue weighted by molar-refractivity contribution is 0.215. The number of aryl methyl sites for hydroxylation is 1. The number of piperidine rings is 1. The Hall–Kier alpha value is -1.12. The summed E-state index contributed by atoms with van der Waals surface area (Å²) in [6.07, 6.45) is 6.05. The zero-order valence-electron chi connectivity index (χ0n) is 13.9. The predicted molar refractivity (Wildman–Crippen MR) is 91.8 cm³/mol. The molecule has 21 heavy (non-hydrogen) atoms. The maximum absolute atomic E-state index is 3.74. The molecule has 2 heteroatoms. The highest BCUT2D eigenvalue weighted by Crippen LogP contribution is 2.11. The van der Waals surface area contributed by atoms with Crippen molar-refractivity contribution in [1.29, 1.82) is 0 Å². The third-order valence-corrected chi connectivity index (χ3v) is 4.43. The van der Waals surface area contributed by atoms with E-state index in [1.165, 1.54) is 42.6 Å². The fraction of sp³-hybridized carbons (Fsp3) is 0.579. The fourth-order valence-corrected chi connectivity index (χ4v) is 2.93. The highest BCUT2D eigenvalue weighted by atomic mass is 15.1. The SMILES string of the molecule is CC(C)=CCN1CCC(NCCc2ccccc2C)CC1. The molecule has 1 aliphatic rings. The molecule has 0 amide bonds. The lowest BCUT2D eigenvalue weighted by atomic mass is 10.0. The maximum Gasteiger partial charge on any atom is 0.0165 e. The van der Waals surface area contributed by atoms with Crippen molar-refractivity contribution in [3.05, 3.63) is 47.0 Å². The van der Waals surface area contributed by atoms with E-state index < -0.39 is 0 Å². The molecule has 2 nitrogen and oxygen atoms in total. The monoisotopic (exact) mass is 286 g/mol. The molecule has 0 atom stereocenters. The first-order valence-electron chi connectivity index (χ1n) is 8.29. The van der Waals surface area contributed by atoms with E-state index in [-0.39, 0.29) is 0 Å². The van der Waals surface area contributed by atoms with Crippen LogP contribution in [0.2, 0.25) is 0 Å². The van der Waals surface area contributed by atoms with Gasteiger partial charge in [-0.2, -0.15) is 0 Å². The van der Waals surface area contributed by atoms with Gasteiger partial charge in [-0.25, -0.2) is 0 Å². The number of hydrogen-bond acceptors (Lipinski definition) is 2. The summed E-state index contributed by atoms with van der Waals surface area (Å²) in [5, 5.41) is 3.74. The minimum Gasteiger partial charge on any atom is -0.314 e. The third kappa shape index (κ3) is 5.64. The molecular formula is C19H30N2. The second kappa shape index (κ2) is 8.35. The van der Waals surface area contributed by atoms with Crippen LogP contribution in [0.15, 0.2) is 35.9 Å². The maximum atomic E-state index is 3.74. The lowest BCUT2D eigenvalue weighted by Gasteiger charge is -2.32. The summed E-state index contributed by atoms with van der Waals surface area (Å²) in [6, 6.07) is 9.42. The van der Waals surface area contributed by atoms with E-state index in [4.69, 9.17) is 0 Å². The van der Waals surface area contributed by atoms with Gasteiger partial charge in [0.15, 0.2) is 0 Å². The highest BCUT2D eigenvalue weighted by molar-refractivity contribution is 5.25. The van der Waals surface area contributed by atoms with Gasteiger partial charge in [0, 0.05) is 12.6 Å². The molecule has 0 saturated carbocycles. The van der Waals surface area contributed by atoms with Gasteiger partial charge in [-0.3, -0.25) is 4.90 Å². The van der Waals surface area contributed by atoms with Crippen molar-refractivity contribution >= 4 is 0 Å². The van der Waals surface area contributed by atoms with Crippen molar-refractivity contribution in [2.75, 3.05) is 26.2 Å². The van der Waals surface area contributed by atoms with E-state index in [9.17, 15) is 0 Å². The van der Waals surface area contributed by atoms with Crippen LogP contribution >= 0.6 is 0 Å². The number of rotatable bonds is 6. The standard InChI is InChI=1S/C19H30N2/c1-16(2)9-13-21-14-10-19(11-15-21)20-12-8-18-7-5-4-6-17(18)3/h4-7,9,19-20H,8,10-15H2,1-3H3. The second-order valence-corrected chi connectivity index (χ2v) is 6.49. The summed E-state index contributed by atoms with van der Waals surface area (Å²) in [5.41, 5.74) is 4.32. The second-order valence-electron chi connectivity index (χ2n) is 6.49. The minimum absolute atomic E-state index is 0.706. The van der Waals surface area contributed by atoms with Gasteiger partial charge in [-0.05, 0) is 70.8 Å².